The summed E-state index contributed by atoms with van der Waals surface area (Å²) in [6.45, 7) is 4.51. The number of hydrogen-bond donors (Lipinski definition) is 0. The summed E-state index contributed by atoms with van der Waals surface area (Å²) in [5.74, 6) is -0.0196. The second-order valence-electron chi connectivity index (χ2n) is 3.77. The van der Waals surface area contributed by atoms with Gasteiger partial charge in [-0.15, -0.1) is 11.6 Å². The van der Waals surface area contributed by atoms with Gasteiger partial charge in [0.1, 0.15) is 5.88 Å². The molecular formula is C10H16ClN3O. The summed E-state index contributed by atoms with van der Waals surface area (Å²) in [6, 6.07) is 0.149. The van der Waals surface area contributed by atoms with Crippen molar-refractivity contribution in [2.45, 2.75) is 26.4 Å². The van der Waals surface area contributed by atoms with Crippen LogP contribution < -0.4 is 0 Å². The van der Waals surface area contributed by atoms with Crippen LogP contribution in [0.25, 0.3) is 0 Å². The molecule has 1 heterocycles. The van der Waals surface area contributed by atoms with Crippen molar-refractivity contribution >= 4 is 17.5 Å². The van der Waals surface area contributed by atoms with Crippen LogP contribution in [0, 0.1) is 0 Å². The van der Waals surface area contributed by atoms with Gasteiger partial charge in [-0.2, -0.15) is 5.10 Å². The first-order chi connectivity index (χ1) is 7.04. The van der Waals surface area contributed by atoms with Crippen molar-refractivity contribution in [2.75, 3.05) is 5.88 Å². The number of aromatic nitrogens is 2. The van der Waals surface area contributed by atoms with Crippen LogP contribution in [0.1, 0.15) is 19.4 Å². The largest absolute Gasteiger partial charge is 0.335 e. The van der Waals surface area contributed by atoms with Crippen molar-refractivity contribution in [2.24, 2.45) is 7.05 Å². The van der Waals surface area contributed by atoms with Crippen molar-refractivity contribution in [3.05, 3.63) is 18.0 Å². The number of carbonyl (C=O) groups is 1. The van der Waals surface area contributed by atoms with Crippen molar-refractivity contribution < 1.29 is 4.79 Å². The highest BCUT2D eigenvalue weighted by Gasteiger charge is 2.16. The lowest BCUT2D eigenvalue weighted by Gasteiger charge is -2.25. The molecule has 1 amide bonds. The van der Waals surface area contributed by atoms with Crippen LogP contribution in [0.3, 0.4) is 0 Å². The summed E-state index contributed by atoms with van der Waals surface area (Å²) in [4.78, 5) is 13.3. The van der Waals surface area contributed by atoms with E-state index in [0.29, 0.717) is 6.54 Å². The Bertz CT molecular complexity index is 335. The lowest BCUT2D eigenvalue weighted by molar-refractivity contribution is -0.130. The fraction of sp³-hybridized carbons (Fsp3) is 0.600. The lowest BCUT2D eigenvalue weighted by Crippen LogP contribution is -2.37. The summed E-state index contributed by atoms with van der Waals surface area (Å²) >= 11 is 5.55. The van der Waals surface area contributed by atoms with E-state index in [9.17, 15) is 4.79 Å². The molecule has 0 aliphatic heterocycles. The maximum Gasteiger partial charge on any atom is 0.238 e. The minimum atomic E-state index is -0.0458. The van der Waals surface area contributed by atoms with E-state index in [0.717, 1.165) is 5.56 Å². The molecule has 0 saturated heterocycles. The number of alkyl halides is 1. The summed E-state index contributed by atoms with van der Waals surface area (Å²) in [7, 11) is 1.85. The van der Waals surface area contributed by atoms with Gasteiger partial charge >= 0.3 is 0 Å². The van der Waals surface area contributed by atoms with Crippen LogP contribution in [0.5, 0.6) is 0 Å². The first kappa shape index (κ1) is 12.0. The second-order valence-corrected chi connectivity index (χ2v) is 4.04. The molecule has 0 aliphatic carbocycles. The summed E-state index contributed by atoms with van der Waals surface area (Å²) < 4.78 is 1.72. The Hall–Kier alpha value is -1.03. The molecule has 4 nitrogen and oxygen atoms in total. The number of amides is 1. The molecule has 0 unspecified atom stereocenters. The smallest absolute Gasteiger partial charge is 0.238 e. The molecule has 0 atom stereocenters. The molecule has 1 aromatic heterocycles. The van der Waals surface area contributed by atoms with E-state index in [4.69, 9.17) is 11.6 Å². The monoisotopic (exact) mass is 229 g/mol. The van der Waals surface area contributed by atoms with E-state index in [1.807, 2.05) is 27.1 Å². The average Bonchev–Trinajstić information content (AvgIpc) is 2.59. The van der Waals surface area contributed by atoms with Gasteiger partial charge in [0.25, 0.3) is 0 Å². The van der Waals surface area contributed by atoms with Gasteiger partial charge in [-0.05, 0) is 13.8 Å². The number of halogens is 1. The van der Waals surface area contributed by atoms with Gasteiger partial charge in [-0.1, -0.05) is 0 Å². The van der Waals surface area contributed by atoms with E-state index >= 15 is 0 Å². The summed E-state index contributed by atoms with van der Waals surface area (Å²) in [5.41, 5.74) is 1.02. The third-order valence-corrected chi connectivity index (χ3v) is 2.40. The third-order valence-electron chi connectivity index (χ3n) is 2.17. The topological polar surface area (TPSA) is 38.1 Å². The highest BCUT2D eigenvalue weighted by Crippen LogP contribution is 2.08. The molecule has 84 valence electrons. The van der Waals surface area contributed by atoms with Crippen molar-refractivity contribution in [3.8, 4) is 0 Å². The maximum atomic E-state index is 11.5. The molecular weight excluding hydrogens is 214 g/mol. The van der Waals surface area contributed by atoms with Gasteiger partial charge in [0, 0.05) is 31.4 Å². The molecule has 0 N–H and O–H groups in total. The number of carbonyl (C=O) groups excluding carboxylic acids is 1. The Balaban J connectivity index is 2.71. The number of rotatable bonds is 4. The SMILES string of the molecule is CC(C)N(Cc1cnn(C)c1)C(=O)CCl. The van der Waals surface area contributed by atoms with Crippen LogP contribution in [0.4, 0.5) is 0 Å². The molecule has 0 fully saturated rings. The Morgan fingerprint density at radius 3 is 2.73 bits per heavy atom. The third kappa shape index (κ3) is 3.23. The fourth-order valence-corrected chi connectivity index (χ4v) is 1.54. The first-order valence-corrected chi connectivity index (χ1v) is 5.41. The van der Waals surface area contributed by atoms with E-state index < -0.39 is 0 Å². The van der Waals surface area contributed by atoms with E-state index in [-0.39, 0.29) is 17.8 Å². The van der Waals surface area contributed by atoms with Crippen molar-refractivity contribution in [3.63, 3.8) is 0 Å². The lowest BCUT2D eigenvalue weighted by atomic mass is 10.2. The van der Waals surface area contributed by atoms with Crippen LogP contribution in [0.2, 0.25) is 0 Å². The minimum Gasteiger partial charge on any atom is -0.335 e. The molecule has 1 aromatic rings. The predicted octanol–water partition coefficient (Wildman–Crippen LogP) is 1.40. The molecule has 5 heteroatoms. The van der Waals surface area contributed by atoms with Crippen LogP contribution >= 0.6 is 11.6 Å². The van der Waals surface area contributed by atoms with Gasteiger partial charge in [0.15, 0.2) is 0 Å². The van der Waals surface area contributed by atoms with Gasteiger partial charge in [0.2, 0.25) is 5.91 Å². The van der Waals surface area contributed by atoms with Crippen LogP contribution in [-0.4, -0.2) is 32.5 Å². The minimum absolute atomic E-state index is 0.0262. The molecule has 0 bridgehead atoms. The number of nitrogens with zero attached hydrogens (tertiary/aromatic N) is 3. The average molecular weight is 230 g/mol. The van der Waals surface area contributed by atoms with Gasteiger partial charge in [-0.3, -0.25) is 9.48 Å². The molecule has 0 spiro atoms. The number of aryl methyl sites for hydroxylation is 1. The normalized spacial score (nSPS) is 10.7. The Kier molecular flexibility index (Phi) is 4.15. The zero-order valence-corrected chi connectivity index (χ0v) is 10.0. The Morgan fingerprint density at radius 1 is 1.67 bits per heavy atom. The second kappa shape index (κ2) is 5.16. The highest BCUT2D eigenvalue weighted by atomic mass is 35.5. The van der Waals surface area contributed by atoms with Gasteiger partial charge in [0.05, 0.1) is 6.20 Å². The molecule has 0 aromatic carbocycles. The molecule has 1 rings (SSSR count). The van der Waals surface area contributed by atoms with E-state index in [1.165, 1.54) is 0 Å². The first-order valence-electron chi connectivity index (χ1n) is 4.87. The van der Waals surface area contributed by atoms with E-state index in [2.05, 4.69) is 5.10 Å². The summed E-state index contributed by atoms with van der Waals surface area (Å²) in [5, 5.41) is 4.06. The van der Waals surface area contributed by atoms with Gasteiger partial charge in [-0.25, -0.2) is 0 Å². The molecule has 0 aliphatic rings. The predicted molar refractivity (Wildman–Crippen MR) is 59.6 cm³/mol. The quantitative estimate of drug-likeness (QED) is 0.732. The molecule has 0 saturated carbocycles. The Labute approximate surface area is 94.8 Å². The van der Waals surface area contributed by atoms with Crippen LogP contribution in [-0.2, 0) is 18.4 Å². The zero-order valence-electron chi connectivity index (χ0n) is 9.27. The van der Waals surface area contributed by atoms with E-state index in [1.54, 1.807) is 15.8 Å². The fourth-order valence-electron chi connectivity index (χ4n) is 1.39. The van der Waals surface area contributed by atoms with Gasteiger partial charge < -0.3 is 4.90 Å². The Morgan fingerprint density at radius 2 is 2.33 bits per heavy atom. The highest BCUT2D eigenvalue weighted by molar-refractivity contribution is 6.27. The van der Waals surface area contributed by atoms with Crippen molar-refractivity contribution in [1.29, 1.82) is 0 Å². The molecule has 0 radical (unpaired) electrons. The number of hydrogen-bond acceptors (Lipinski definition) is 2. The van der Waals surface area contributed by atoms with Crippen molar-refractivity contribution in [1.82, 2.24) is 14.7 Å². The standard InChI is InChI=1S/C10H16ClN3O/c1-8(2)14(10(15)4-11)7-9-5-12-13(3)6-9/h5-6,8H,4,7H2,1-3H3. The summed E-state index contributed by atoms with van der Waals surface area (Å²) in [6.07, 6.45) is 3.66. The maximum absolute atomic E-state index is 11.5. The zero-order chi connectivity index (χ0) is 11.4. The molecule has 15 heavy (non-hydrogen) atoms. The van der Waals surface area contributed by atoms with Crippen LogP contribution in [0.15, 0.2) is 12.4 Å².